The van der Waals surface area contributed by atoms with Gasteiger partial charge in [0.15, 0.2) is 5.76 Å². The number of hydrogen-bond donors (Lipinski definition) is 2. The Balaban J connectivity index is 1.80. The van der Waals surface area contributed by atoms with Crippen LogP contribution in [0.1, 0.15) is 20.9 Å². The lowest BCUT2D eigenvalue weighted by atomic mass is 10.1. The summed E-state index contributed by atoms with van der Waals surface area (Å²) in [5.74, 6) is -1.42. The maximum absolute atomic E-state index is 12.3. The van der Waals surface area contributed by atoms with Crippen LogP contribution in [-0.4, -0.2) is 21.9 Å². The fraction of sp³-hybridized carbons (Fsp3) is 0. The highest BCUT2D eigenvalue weighted by atomic mass is 16.6. The van der Waals surface area contributed by atoms with Gasteiger partial charge in [-0.3, -0.25) is 14.9 Å². The highest BCUT2D eigenvalue weighted by molar-refractivity contribution is 6.06. The van der Waals surface area contributed by atoms with Crippen LogP contribution in [0.2, 0.25) is 0 Å². The van der Waals surface area contributed by atoms with Crippen LogP contribution in [0.3, 0.4) is 0 Å². The molecule has 1 aromatic heterocycles. The second-order valence-electron chi connectivity index (χ2n) is 5.27. The zero-order valence-electron chi connectivity index (χ0n) is 13.2. The summed E-state index contributed by atoms with van der Waals surface area (Å²) in [6.45, 7) is 0. The minimum Gasteiger partial charge on any atom is -0.478 e. The Hall–Kier alpha value is -3.94. The first-order valence-corrected chi connectivity index (χ1v) is 7.44. The van der Waals surface area contributed by atoms with Crippen molar-refractivity contribution in [2.75, 3.05) is 5.32 Å². The number of nitro benzene ring substituents is 1. The molecule has 3 aromatic rings. The largest absolute Gasteiger partial charge is 0.478 e. The third-order valence-corrected chi connectivity index (χ3v) is 3.60. The van der Waals surface area contributed by atoms with Crippen molar-refractivity contribution in [2.45, 2.75) is 0 Å². The number of anilines is 1. The Kier molecular flexibility index (Phi) is 4.48. The minimum atomic E-state index is -1.16. The Morgan fingerprint density at radius 1 is 1.00 bits per heavy atom. The summed E-state index contributed by atoms with van der Waals surface area (Å²) in [6, 6.07) is 14.7. The molecule has 26 heavy (non-hydrogen) atoms. The van der Waals surface area contributed by atoms with Crippen LogP contribution in [0.4, 0.5) is 11.4 Å². The number of para-hydroxylation sites is 1. The van der Waals surface area contributed by atoms with E-state index in [4.69, 9.17) is 9.52 Å². The first-order valence-electron chi connectivity index (χ1n) is 7.44. The van der Waals surface area contributed by atoms with Gasteiger partial charge in [0.1, 0.15) is 5.76 Å². The zero-order chi connectivity index (χ0) is 18.7. The predicted octanol–water partition coefficient (Wildman–Crippen LogP) is 3.81. The molecule has 0 radical (unpaired) electrons. The van der Waals surface area contributed by atoms with Gasteiger partial charge in [0.2, 0.25) is 0 Å². The van der Waals surface area contributed by atoms with Crippen molar-refractivity contribution < 1.29 is 24.0 Å². The Labute approximate surface area is 146 Å². The highest BCUT2D eigenvalue weighted by Gasteiger charge is 2.16. The number of carboxylic acids is 1. The molecule has 3 rings (SSSR count). The van der Waals surface area contributed by atoms with Crippen molar-refractivity contribution in [1.82, 2.24) is 0 Å². The fourth-order valence-electron chi connectivity index (χ4n) is 2.33. The van der Waals surface area contributed by atoms with Gasteiger partial charge in [0.05, 0.1) is 16.2 Å². The van der Waals surface area contributed by atoms with E-state index in [1.165, 1.54) is 42.5 Å². The molecule has 130 valence electrons. The Morgan fingerprint density at radius 2 is 1.69 bits per heavy atom. The number of nitrogens with one attached hydrogen (secondary N) is 1. The number of furan rings is 1. The molecule has 0 spiro atoms. The van der Waals surface area contributed by atoms with E-state index in [9.17, 15) is 19.7 Å². The van der Waals surface area contributed by atoms with E-state index in [1.54, 1.807) is 18.2 Å². The number of nitrogens with zero attached hydrogens (tertiary/aromatic N) is 1. The van der Waals surface area contributed by atoms with E-state index >= 15 is 0 Å². The van der Waals surface area contributed by atoms with E-state index in [1.807, 2.05) is 0 Å². The van der Waals surface area contributed by atoms with Crippen LogP contribution < -0.4 is 5.32 Å². The number of nitro groups is 1. The highest BCUT2D eigenvalue weighted by Crippen LogP contribution is 2.25. The quantitative estimate of drug-likeness (QED) is 0.532. The lowest BCUT2D eigenvalue weighted by molar-refractivity contribution is -0.384. The average Bonchev–Trinajstić information content (AvgIpc) is 3.12. The number of amides is 1. The molecule has 8 nitrogen and oxygen atoms in total. The fourth-order valence-corrected chi connectivity index (χ4v) is 2.33. The van der Waals surface area contributed by atoms with E-state index < -0.39 is 16.8 Å². The van der Waals surface area contributed by atoms with E-state index in [2.05, 4.69) is 5.32 Å². The van der Waals surface area contributed by atoms with Gasteiger partial charge >= 0.3 is 5.97 Å². The molecular weight excluding hydrogens is 340 g/mol. The number of carbonyl (C=O) groups excluding carboxylic acids is 1. The van der Waals surface area contributed by atoms with Gasteiger partial charge in [-0.2, -0.15) is 0 Å². The number of non-ortho nitro benzene ring substituents is 1. The molecule has 0 saturated heterocycles. The molecule has 0 bridgehead atoms. The second kappa shape index (κ2) is 6.89. The number of carbonyl (C=O) groups is 2. The summed E-state index contributed by atoms with van der Waals surface area (Å²) in [5, 5.41) is 22.3. The first-order chi connectivity index (χ1) is 12.5. The van der Waals surface area contributed by atoms with Crippen LogP contribution >= 0.6 is 0 Å². The molecular formula is C18H12N2O6. The predicted molar refractivity (Wildman–Crippen MR) is 92.2 cm³/mol. The SMILES string of the molecule is O=C(Nc1ccccc1C(=O)O)c1ccc(-c2ccc([N+](=O)[O-])cc2)o1. The molecule has 0 saturated carbocycles. The number of hydrogen-bond acceptors (Lipinski definition) is 5. The standard InChI is InChI=1S/C18H12N2O6/c21-17(19-14-4-2-1-3-13(14)18(22)23)16-10-9-15(26-16)11-5-7-12(8-6-11)20(24)25/h1-10H,(H,19,21)(H,22,23). The molecule has 2 N–H and O–H groups in total. The van der Waals surface area contributed by atoms with Crippen LogP contribution in [0.15, 0.2) is 65.1 Å². The summed E-state index contributed by atoms with van der Waals surface area (Å²) < 4.78 is 5.48. The lowest BCUT2D eigenvalue weighted by Gasteiger charge is -2.06. The Bertz CT molecular complexity index is 991. The summed E-state index contributed by atoms with van der Waals surface area (Å²) in [4.78, 5) is 33.6. The first kappa shape index (κ1) is 16.9. The maximum Gasteiger partial charge on any atom is 0.337 e. The van der Waals surface area contributed by atoms with Crippen LogP contribution in [0.5, 0.6) is 0 Å². The van der Waals surface area contributed by atoms with Gasteiger partial charge in [0.25, 0.3) is 11.6 Å². The van der Waals surface area contributed by atoms with E-state index in [-0.39, 0.29) is 22.7 Å². The topological polar surface area (TPSA) is 123 Å². The molecule has 1 amide bonds. The van der Waals surface area contributed by atoms with Crippen LogP contribution in [-0.2, 0) is 0 Å². The summed E-state index contributed by atoms with van der Waals surface area (Å²) in [7, 11) is 0. The lowest BCUT2D eigenvalue weighted by Crippen LogP contribution is -2.14. The maximum atomic E-state index is 12.3. The Morgan fingerprint density at radius 3 is 2.35 bits per heavy atom. The van der Waals surface area contributed by atoms with Gasteiger partial charge in [-0.1, -0.05) is 12.1 Å². The van der Waals surface area contributed by atoms with Gasteiger partial charge in [-0.15, -0.1) is 0 Å². The molecule has 1 heterocycles. The van der Waals surface area contributed by atoms with E-state index in [0.717, 1.165) is 0 Å². The summed E-state index contributed by atoms with van der Waals surface area (Å²) >= 11 is 0. The van der Waals surface area contributed by atoms with Crippen molar-refractivity contribution in [1.29, 1.82) is 0 Å². The average molecular weight is 352 g/mol. The van der Waals surface area contributed by atoms with Crippen molar-refractivity contribution in [3.05, 3.63) is 82.1 Å². The van der Waals surface area contributed by atoms with Crippen molar-refractivity contribution in [3.63, 3.8) is 0 Å². The van der Waals surface area contributed by atoms with Gasteiger partial charge in [-0.25, -0.2) is 4.79 Å². The van der Waals surface area contributed by atoms with Gasteiger partial charge in [-0.05, 0) is 36.4 Å². The van der Waals surface area contributed by atoms with Gasteiger partial charge < -0.3 is 14.8 Å². The van der Waals surface area contributed by atoms with Crippen molar-refractivity contribution in [2.24, 2.45) is 0 Å². The number of benzene rings is 2. The monoisotopic (exact) mass is 352 g/mol. The normalized spacial score (nSPS) is 10.3. The molecule has 0 fully saturated rings. The zero-order valence-corrected chi connectivity index (χ0v) is 13.2. The van der Waals surface area contributed by atoms with E-state index in [0.29, 0.717) is 11.3 Å². The minimum absolute atomic E-state index is 0.0152. The van der Waals surface area contributed by atoms with Crippen LogP contribution in [0, 0.1) is 10.1 Å². The van der Waals surface area contributed by atoms with Crippen molar-refractivity contribution in [3.8, 4) is 11.3 Å². The third kappa shape index (κ3) is 3.44. The molecule has 0 atom stereocenters. The van der Waals surface area contributed by atoms with Gasteiger partial charge in [0, 0.05) is 17.7 Å². The number of carboxylic acid groups (broad SMARTS) is 1. The molecule has 0 aliphatic carbocycles. The molecule has 0 aliphatic rings. The summed E-state index contributed by atoms with van der Waals surface area (Å²) in [5.41, 5.74) is 0.630. The van der Waals surface area contributed by atoms with Crippen LogP contribution in [0.25, 0.3) is 11.3 Å². The third-order valence-electron chi connectivity index (χ3n) is 3.60. The molecule has 0 aliphatic heterocycles. The summed E-state index contributed by atoms with van der Waals surface area (Å²) in [6.07, 6.45) is 0. The number of aromatic carboxylic acids is 1. The second-order valence-corrected chi connectivity index (χ2v) is 5.27. The molecule has 8 heteroatoms. The smallest absolute Gasteiger partial charge is 0.337 e. The molecule has 0 unspecified atom stereocenters. The molecule has 2 aromatic carbocycles. The van der Waals surface area contributed by atoms with Crippen molar-refractivity contribution >= 4 is 23.3 Å². The number of rotatable bonds is 5.